The Hall–Kier alpha value is -1.51. The average Bonchev–Trinajstić information content (AvgIpc) is 2.03. The highest BCUT2D eigenvalue weighted by molar-refractivity contribution is 5.99. The van der Waals surface area contributed by atoms with Gasteiger partial charge in [-0.1, -0.05) is 12.1 Å². The number of rotatable bonds is 1. The first kappa shape index (κ1) is 7.60. The second-order valence-electron chi connectivity index (χ2n) is 2.34. The number of benzene rings is 1. The third-order valence-corrected chi connectivity index (χ3v) is 1.50. The molecule has 1 rings (SSSR count). The lowest BCUT2D eigenvalue weighted by Gasteiger charge is -1.98. The summed E-state index contributed by atoms with van der Waals surface area (Å²) in [5.41, 5.74) is 8.04. The van der Waals surface area contributed by atoms with Gasteiger partial charge in [-0.15, -0.1) is 0 Å². The molecule has 0 aliphatic heterocycles. The van der Waals surface area contributed by atoms with E-state index in [1.807, 2.05) is 31.2 Å². The van der Waals surface area contributed by atoms with Crippen molar-refractivity contribution in [2.45, 2.75) is 6.92 Å². The molecular formula is C8H11N3. The molecule has 0 bridgehead atoms. The quantitative estimate of drug-likeness (QED) is 0.270. The van der Waals surface area contributed by atoms with E-state index in [-0.39, 0.29) is 0 Å². The molecule has 0 saturated carbocycles. The van der Waals surface area contributed by atoms with Gasteiger partial charge in [0.25, 0.3) is 0 Å². The number of nitrogens with two attached hydrogens (primary N) is 2. The summed E-state index contributed by atoms with van der Waals surface area (Å²) in [5.74, 6) is 5.10. The summed E-state index contributed by atoms with van der Waals surface area (Å²) in [4.78, 5) is 0. The Labute approximate surface area is 65.7 Å². The minimum Gasteiger partial charge on any atom is -0.399 e. The predicted octanol–water partition coefficient (Wildman–Crippen LogP) is 0.952. The van der Waals surface area contributed by atoms with Gasteiger partial charge >= 0.3 is 0 Å². The van der Waals surface area contributed by atoms with Gasteiger partial charge in [0.1, 0.15) is 0 Å². The number of anilines is 1. The number of hydrogen-bond acceptors (Lipinski definition) is 3. The Balaban J connectivity index is 3.06. The lowest BCUT2D eigenvalue weighted by Crippen LogP contribution is -1.99. The van der Waals surface area contributed by atoms with E-state index in [0.717, 1.165) is 17.0 Å². The largest absolute Gasteiger partial charge is 0.399 e. The van der Waals surface area contributed by atoms with Crippen LogP contribution in [0.1, 0.15) is 12.5 Å². The molecule has 0 atom stereocenters. The van der Waals surface area contributed by atoms with E-state index >= 15 is 0 Å². The molecule has 0 amide bonds. The number of hydrogen-bond donors (Lipinski definition) is 2. The monoisotopic (exact) mass is 149 g/mol. The lowest BCUT2D eigenvalue weighted by atomic mass is 10.1. The molecule has 0 heterocycles. The molecule has 3 nitrogen and oxygen atoms in total. The molecule has 58 valence electrons. The second-order valence-corrected chi connectivity index (χ2v) is 2.34. The van der Waals surface area contributed by atoms with Gasteiger partial charge in [-0.3, -0.25) is 0 Å². The smallest absolute Gasteiger partial charge is 0.0642 e. The molecule has 11 heavy (non-hydrogen) atoms. The highest BCUT2D eigenvalue weighted by atomic mass is 15.1. The molecule has 0 aliphatic rings. The van der Waals surface area contributed by atoms with Gasteiger partial charge in [0.15, 0.2) is 0 Å². The van der Waals surface area contributed by atoms with Crippen LogP contribution in [0.4, 0.5) is 5.69 Å². The Kier molecular flexibility index (Phi) is 2.11. The summed E-state index contributed by atoms with van der Waals surface area (Å²) in [6.45, 7) is 1.84. The van der Waals surface area contributed by atoms with Crippen molar-refractivity contribution in [3.63, 3.8) is 0 Å². The molecule has 0 aromatic heterocycles. The average molecular weight is 149 g/mol. The second kappa shape index (κ2) is 3.05. The summed E-state index contributed by atoms with van der Waals surface area (Å²) >= 11 is 0. The summed E-state index contributed by atoms with van der Waals surface area (Å²) < 4.78 is 0. The van der Waals surface area contributed by atoms with Gasteiger partial charge in [0.2, 0.25) is 0 Å². The molecule has 1 aromatic rings. The third kappa shape index (κ3) is 1.70. The van der Waals surface area contributed by atoms with Crippen LogP contribution in [0, 0.1) is 0 Å². The SMILES string of the molecule is C/C(=N/N)c1cccc(N)c1. The molecule has 0 spiro atoms. The first-order chi connectivity index (χ1) is 5.24. The van der Waals surface area contributed by atoms with E-state index in [0.29, 0.717) is 0 Å². The van der Waals surface area contributed by atoms with Crippen LogP contribution in [0.3, 0.4) is 0 Å². The zero-order valence-corrected chi connectivity index (χ0v) is 6.41. The van der Waals surface area contributed by atoms with E-state index in [1.165, 1.54) is 0 Å². The van der Waals surface area contributed by atoms with Crippen molar-refractivity contribution in [2.24, 2.45) is 10.9 Å². The van der Waals surface area contributed by atoms with Crippen LogP contribution < -0.4 is 11.6 Å². The lowest BCUT2D eigenvalue weighted by molar-refractivity contribution is 1.24. The third-order valence-electron chi connectivity index (χ3n) is 1.50. The number of nitrogen functional groups attached to an aromatic ring is 1. The van der Waals surface area contributed by atoms with Gasteiger partial charge in [-0.2, -0.15) is 5.10 Å². The van der Waals surface area contributed by atoms with Crippen LogP contribution in [0.25, 0.3) is 0 Å². The molecular weight excluding hydrogens is 138 g/mol. The van der Waals surface area contributed by atoms with Gasteiger partial charge < -0.3 is 11.6 Å². The van der Waals surface area contributed by atoms with Crippen LogP contribution in [0.15, 0.2) is 29.4 Å². The van der Waals surface area contributed by atoms with Crippen LogP contribution in [0.2, 0.25) is 0 Å². The van der Waals surface area contributed by atoms with Gasteiger partial charge in [-0.25, -0.2) is 0 Å². The van der Waals surface area contributed by atoms with Crippen molar-refractivity contribution >= 4 is 11.4 Å². The Morgan fingerprint density at radius 3 is 2.73 bits per heavy atom. The van der Waals surface area contributed by atoms with E-state index in [9.17, 15) is 0 Å². The minimum atomic E-state index is 0.727. The zero-order valence-electron chi connectivity index (χ0n) is 6.41. The van der Waals surface area contributed by atoms with E-state index in [1.54, 1.807) is 0 Å². The van der Waals surface area contributed by atoms with Crippen molar-refractivity contribution in [1.82, 2.24) is 0 Å². The maximum Gasteiger partial charge on any atom is 0.0642 e. The fourth-order valence-electron chi connectivity index (χ4n) is 0.838. The standard InChI is InChI=1S/C8H11N3/c1-6(11-10)7-3-2-4-8(9)5-7/h2-5H,9-10H2,1H3/b11-6-. The molecule has 0 radical (unpaired) electrons. The normalized spacial score (nSPS) is 11.5. The van der Waals surface area contributed by atoms with Crippen molar-refractivity contribution in [3.05, 3.63) is 29.8 Å². The molecule has 0 unspecified atom stereocenters. The van der Waals surface area contributed by atoms with Crippen LogP contribution in [-0.2, 0) is 0 Å². The minimum absolute atomic E-state index is 0.727. The van der Waals surface area contributed by atoms with Gasteiger partial charge in [0, 0.05) is 5.69 Å². The molecule has 0 aliphatic carbocycles. The summed E-state index contributed by atoms with van der Waals surface area (Å²) in [7, 11) is 0. The topological polar surface area (TPSA) is 64.4 Å². The predicted molar refractivity (Wildman–Crippen MR) is 47.3 cm³/mol. The van der Waals surface area contributed by atoms with Crippen molar-refractivity contribution in [2.75, 3.05) is 5.73 Å². The first-order valence-corrected chi connectivity index (χ1v) is 3.34. The van der Waals surface area contributed by atoms with Crippen LogP contribution in [-0.4, -0.2) is 5.71 Å². The maximum atomic E-state index is 5.56. The summed E-state index contributed by atoms with van der Waals surface area (Å²) in [6.07, 6.45) is 0. The Bertz CT molecular complexity index is 278. The fraction of sp³-hybridized carbons (Fsp3) is 0.125. The van der Waals surface area contributed by atoms with Crippen LogP contribution >= 0.6 is 0 Å². The van der Waals surface area contributed by atoms with Gasteiger partial charge in [0.05, 0.1) is 5.71 Å². The van der Waals surface area contributed by atoms with Crippen molar-refractivity contribution < 1.29 is 0 Å². The molecule has 0 saturated heterocycles. The van der Waals surface area contributed by atoms with Gasteiger partial charge in [-0.05, 0) is 24.6 Å². The van der Waals surface area contributed by atoms with Crippen LogP contribution in [0.5, 0.6) is 0 Å². The Morgan fingerprint density at radius 2 is 2.18 bits per heavy atom. The molecule has 3 heteroatoms. The fourth-order valence-corrected chi connectivity index (χ4v) is 0.838. The Morgan fingerprint density at radius 1 is 1.45 bits per heavy atom. The number of hydrazone groups is 1. The maximum absolute atomic E-state index is 5.56. The summed E-state index contributed by atoms with van der Waals surface area (Å²) in [5, 5.41) is 3.56. The first-order valence-electron chi connectivity index (χ1n) is 3.34. The molecule has 0 fully saturated rings. The zero-order chi connectivity index (χ0) is 8.27. The number of nitrogens with zero attached hydrogens (tertiary/aromatic N) is 1. The highest BCUT2D eigenvalue weighted by Crippen LogP contribution is 2.06. The van der Waals surface area contributed by atoms with Crippen molar-refractivity contribution in [3.8, 4) is 0 Å². The molecule has 1 aromatic carbocycles. The van der Waals surface area contributed by atoms with E-state index in [4.69, 9.17) is 11.6 Å². The molecule has 4 N–H and O–H groups in total. The van der Waals surface area contributed by atoms with E-state index < -0.39 is 0 Å². The summed E-state index contributed by atoms with van der Waals surface area (Å²) in [6, 6.07) is 7.46. The van der Waals surface area contributed by atoms with E-state index in [2.05, 4.69) is 5.10 Å². The van der Waals surface area contributed by atoms with Crippen molar-refractivity contribution in [1.29, 1.82) is 0 Å². The highest BCUT2D eigenvalue weighted by Gasteiger charge is 1.95.